The highest BCUT2D eigenvalue weighted by molar-refractivity contribution is 7.99. The third kappa shape index (κ3) is 4.50. The van der Waals surface area contributed by atoms with Crippen LogP contribution in [0.2, 0.25) is 0 Å². The number of ether oxygens (including phenoxy) is 1. The van der Waals surface area contributed by atoms with Crippen molar-refractivity contribution in [1.82, 2.24) is 0 Å². The number of thioether (sulfide) groups is 1. The number of benzene rings is 1. The summed E-state index contributed by atoms with van der Waals surface area (Å²) in [4.78, 5) is 1.22. The van der Waals surface area contributed by atoms with Gasteiger partial charge in [-0.15, -0.1) is 11.8 Å². The number of anilines is 1. The van der Waals surface area contributed by atoms with Crippen LogP contribution in [0.1, 0.15) is 0 Å². The Hall–Kier alpha value is -0.710. The van der Waals surface area contributed by atoms with Crippen LogP contribution in [0.3, 0.4) is 0 Å². The van der Waals surface area contributed by atoms with E-state index in [9.17, 15) is 0 Å². The van der Waals surface area contributed by atoms with Gasteiger partial charge in [0.15, 0.2) is 0 Å². The van der Waals surface area contributed by atoms with Gasteiger partial charge in [0.1, 0.15) is 0 Å². The van der Waals surface area contributed by atoms with Crippen LogP contribution < -0.4 is 11.5 Å². The Morgan fingerprint density at radius 1 is 1.14 bits per heavy atom. The molecule has 3 nitrogen and oxygen atoms in total. The molecule has 4 N–H and O–H groups in total. The van der Waals surface area contributed by atoms with Gasteiger partial charge in [-0.05, 0) is 24.3 Å². The van der Waals surface area contributed by atoms with E-state index in [1.54, 1.807) is 11.8 Å². The van der Waals surface area contributed by atoms with E-state index in [2.05, 4.69) is 0 Å². The molecule has 4 heteroatoms. The van der Waals surface area contributed by atoms with Gasteiger partial charge in [-0.3, -0.25) is 0 Å². The average Bonchev–Trinajstić information content (AvgIpc) is 2.21. The fourth-order valence-corrected chi connectivity index (χ4v) is 1.73. The third-order valence-electron chi connectivity index (χ3n) is 1.64. The van der Waals surface area contributed by atoms with Gasteiger partial charge in [0.05, 0.1) is 13.2 Å². The number of hydrogen-bond donors (Lipinski definition) is 2. The minimum atomic E-state index is 0.590. The summed E-state index contributed by atoms with van der Waals surface area (Å²) in [6.45, 7) is 1.97. The lowest BCUT2D eigenvalue weighted by Gasteiger charge is -2.02. The van der Waals surface area contributed by atoms with Crippen LogP contribution in [-0.4, -0.2) is 25.5 Å². The second-order valence-corrected chi connectivity index (χ2v) is 3.99. The molecule has 0 atom stereocenters. The number of hydrogen-bond acceptors (Lipinski definition) is 4. The molecule has 1 aromatic carbocycles. The lowest BCUT2D eigenvalue weighted by Crippen LogP contribution is -2.09. The zero-order valence-corrected chi connectivity index (χ0v) is 8.93. The normalized spacial score (nSPS) is 10.4. The number of rotatable bonds is 6. The van der Waals surface area contributed by atoms with Crippen LogP contribution in [0.25, 0.3) is 0 Å². The van der Waals surface area contributed by atoms with Crippen LogP contribution >= 0.6 is 11.8 Å². The fourth-order valence-electron chi connectivity index (χ4n) is 0.968. The van der Waals surface area contributed by atoms with E-state index in [1.807, 2.05) is 24.3 Å². The Morgan fingerprint density at radius 2 is 1.86 bits per heavy atom. The molecule has 0 aliphatic heterocycles. The quantitative estimate of drug-likeness (QED) is 0.424. The maximum Gasteiger partial charge on any atom is 0.0589 e. The van der Waals surface area contributed by atoms with Gasteiger partial charge < -0.3 is 16.2 Å². The molecule has 0 radical (unpaired) electrons. The van der Waals surface area contributed by atoms with E-state index < -0.39 is 0 Å². The summed E-state index contributed by atoms with van der Waals surface area (Å²) in [6, 6.07) is 7.85. The molecule has 0 spiro atoms. The molecule has 1 rings (SSSR count). The molecule has 0 saturated carbocycles. The molecule has 0 fully saturated rings. The SMILES string of the molecule is NCCOCCSc1ccc(N)cc1. The van der Waals surface area contributed by atoms with E-state index in [1.165, 1.54) is 4.90 Å². The largest absolute Gasteiger partial charge is 0.399 e. The van der Waals surface area contributed by atoms with Gasteiger partial charge in [0, 0.05) is 22.9 Å². The summed E-state index contributed by atoms with van der Waals surface area (Å²) < 4.78 is 5.26. The second-order valence-electron chi connectivity index (χ2n) is 2.82. The molecular weight excluding hydrogens is 196 g/mol. The number of nitrogen functional groups attached to an aromatic ring is 1. The molecule has 78 valence electrons. The average molecular weight is 212 g/mol. The van der Waals surface area contributed by atoms with Gasteiger partial charge in [-0.2, -0.15) is 0 Å². The minimum absolute atomic E-state index is 0.590. The van der Waals surface area contributed by atoms with Crippen LogP contribution in [0.15, 0.2) is 29.2 Å². The maximum absolute atomic E-state index is 5.57. The van der Waals surface area contributed by atoms with Crippen molar-refractivity contribution in [2.24, 2.45) is 5.73 Å². The molecule has 0 amide bonds. The first-order valence-electron chi connectivity index (χ1n) is 4.59. The highest BCUT2D eigenvalue weighted by Gasteiger charge is 1.93. The Kier molecular flexibility index (Phi) is 5.44. The molecule has 1 aromatic rings. The van der Waals surface area contributed by atoms with Gasteiger partial charge in [-0.25, -0.2) is 0 Å². The summed E-state index contributed by atoms with van der Waals surface area (Å²) in [6.07, 6.45) is 0. The first kappa shape index (κ1) is 11.4. The van der Waals surface area contributed by atoms with Crippen LogP contribution in [-0.2, 0) is 4.74 Å². The summed E-state index contributed by atoms with van der Waals surface area (Å²) in [5.41, 5.74) is 11.7. The molecule has 0 heterocycles. The van der Waals surface area contributed by atoms with Crippen molar-refractivity contribution in [2.75, 3.05) is 31.2 Å². The van der Waals surface area contributed by atoms with Crippen LogP contribution in [0, 0.1) is 0 Å². The Balaban J connectivity index is 2.15. The van der Waals surface area contributed by atoms with Gasteiger partial charge in [-0.1, -0.05) is 0 Å². The first-order valence-corrected chi connectivity index (χ1v) is 5.57. The highest BCUT2D eigenvalue weighted by Crippen LogP contribution is 2.18. The topological polar surface area (TPSA) is 61.3 Å². The van der Waals surface area contributed by atoms with Crippen molar-refractivity contribution in [3.8, 4) is 0 Å². The van der Waals surface area contributed by atoms with E-state index >= 15 is 0 Å². The second kappa shape index (κ2) is 6.70. The summed E-state index contributed by atoms with van der Waals surface area (Å²) in [5, 5.41) is 0. The summed E-state index contributed by atoms with van der Waals surface area (Å²) >= 11 is 1.76. The van der Waals surface area contributed by atoms with E-state index in [0.717, 1.165) is 18.0 Å². The van der Waals surface area contributed by atoms with Gasteiger partial charge in [0.25, 0.3) is 0 Å². The lowest BCUT2D eigenvalue weighted by molar-refractivity contribution is 0.158. The predicted molar refractivity (Wildman–Crippen MR) is 61.5 cm³/mol. The zero-order chi connectivity index (χ0) is 10.2. The molecular formula is C10H16N2OS. The summed E-state index contributed by atoms with van der Waals surface area (Å²) in [7, 11) is 0. The molecule has 0 bridgehead atoms. The van der Waals surface area contributed by atoms with Crippen molar-refractivity contribution in [2.45, 2.75) is 4.90 Å². The van der Waals surface area contributed by atoms with Crippen molar-refractivity contribution >= 4 is 17.4 Å². The Bertz CT molecular complexity index is 251. The number of nitrogens with two attached hydrogens (primary N) is 2. The maximum atomic E-state index is 5.57. The summed E-state index contributed by atoms with van der Waals surface area (Å²) in [5.74, 6) is 0.948. The molecule has 0 aliphatic rings. The van der Waals surface area contributed by atoms with E-state index in [4.69, 9.17) is 16.2 Å². The minimum Gasteiger partial charge on any atom is -0.399 e. The highest BCUT2D eigenvalue weighted by atomic mass is 32.2. The Morgan fingerprint density at radius 3 is 2.50 bits per heavy atom. The molecule has 0 saturated heterocycles. The predicted octanol–water partition coefficient (Wildman–Crippen LogP) is 1.34. The first-order chi connectivity index (χ1) is 6.83. The third-order valence-corrected chi connectivity index (χ3v) is 2.61. The molecule has 0 unspecified atom stereocenters. The lowest BCUT2D eigenvalue weighted by atomic mass is 10.3. The van der Waals surface area contributed by atoms with Crippen molar-refractivity contribution in [3.05, 3.63) is 24.3 Å². The smallest absolute Gasteiger partial charge is 0.0589 e. The van der Waals surface area contributed by atoms with Crippen molar-refractivity contribution < 1.29 is 4.74 Å². The van der Waals surface area contributed by atoms with Gasteiger partial charge >= 0.3 is 0 Å². The Labute approximate surface area is 88.8 Å². The molecule has 0 aliphatic carbocycles. The molecule has 0 aromatic heterocycles. The van der Waals surface area contributed by atoms with Crippen molar-refractivity contribution in [3.63, 3.8) is 0 Å². The van der Waals surface area contributed by atoms with E-state index in [0.29, 0.717) is 13.2 Å². The van der Waals surface area contributed by atoms with Crippen LogP contribution in [0.5, 0.6) is 0 Å². The van der Waals surface area contributed by atoms with Gasteiger partial charge in [0.2, 0.25) is 0 Å². The fraction of sp³-hybridized carbons (Fsp3) is 0.400. The van der Waals surface area contributed by atoms with Crippen LogP contribution in [0.4, 0.5) is 5.69 Å². The van der Waals surface area contributed by atoms with Crippen molar-refractivity contribution in [1.29, 1.82) is 0 Å². The van der Waals surface area contributed by atoms with E-state index in [-0.39, 0.29) is 0 Å². The monoisotopic (exact) mass is 212 g/mol. The zero-order valence-electron chi connectivity index (χ0n) is 8.11. The molecule has 14 heavy (non-hydrogen) atoms. The standard InChI is InChI=1S/C10H16N2OS/c11-5-6-13-7-8-14-10-3-1-9(12)2-4-10/h1-4H,5-8,11-12H2.